The average molecular weight is 316 g/mol. The number of rotatable bonds is 4. The molecule has 0 amide bonds. The maximum Gasteiger partial charge on any atom is 0.269 e. The van der Waals surface area contributed by atoms with Crippen molar-refractivity contribution in [3.05, 3.63) is 84.3 Å². The monoisotopic (exact) mass is 316 g/mol. The smallest absolute Gasteiger partial charge is 0.269 e. The standard InChI is InChI=1S/C19H12N2O3/c22-19(17-11-15(20-23-17)13-7-3-1-4-8-13)18-12-16(21-24-18)14-9-5-2-6-10-14/h1-12H. The minimum atomic E-state index is -0.389. The van der Waals surface area contributed by atoms with Gasteiger partial charge in [-0.15, -0.1) is 0 Å². The van der Waals surface area contributed by atoms with Crippen LogP contribution in [0.25, 0.3) is 22.5 Å². The van der Waals surface area contributed by atoms with Crippen LogP contribution in [0.5, 0.6) is 0 Å². The summed E-state index contributed by atoms with van der Waals surface area (Å²) in [6.45, 7) is 0. The van der Waals surface area contributed by atoms with Gasteiger partial charge in [0.2, 0.25) is 11.5 Å². The van der Waals surface area contributed by atoms with Crippen LogP contribution in [-0.2, 0) is 0 Å². The molecular formula is C19H12N2O3. The van der Waals surface area contributed by atoms with Crippen LogP contribution in [0, 0.1) is 0 Å². The molecule has 2 heterocycles. The van der Waals surface area contributed by atoms with Crippen LogP contribution in [0.1, 0.15) is 16.3 Å². The van der Waals surface area contributed by atoms with E-state index in [2.05, 4.69) is 10.3 Å². The van der Waals surface area contributed by atoms with E-state index in [-0.39, 0.29) is 17.3 Å². The summed E-state index contributed by atoms with van der Waals surface area (Å²) in [4.78, 5) is 12.5. The Hall–Kier alpha value is -3.47. The van der Waals surface area contributed by atoms with E-state index < -0.39 is 0 Å². The molecule has 2 aromatic heterocycles. The minimum Gasteiger partial charge on any atom is -0.352 e. The third-order valence-electron chi connectivity index (χ3n) is 3.61. The predicted molar refractivity (Wildman–Crippen MR) is 87.3 cm³/mol. The molecule has 4 aromatic rings. The van der Waals surface area contributed by atoms with Crippen molar-refractivity contribution in [2.45, 2.75) is 0 Å². The second-order valence-corrected chi connectivity index (χ2v) is 5.21. The number of benzene rings is 2. The summed E-state index contributed by atoms with van der Waals surface area (Å²) in [5.74, 6) is -0.159. The van der Waals surface area contributed by atoms with Crippen molar-refractivity contribution in [3.63, 3.8) is 0 Å². The van der Waals surface area contributed by atoms with Crippen LogP contribution < -0.4 is 0 Å². The summed E-state index contributed by atoms with van der Waals surface area (Å²) in [7, 11) is 0. The van der Waals surface area contributed by atoms with Crippen molar-refractivity contribution in [2.75, 3.05) is 0 Å². The van der Waals surface area contributed by atoms with E-state index in [0.717, 1.165) is 11.1 Å². The Bertz CT molecular complexity index is 892. The van der Waals surface area contributed by atoms with Crippen molar-refractivity contribution in [1.82, 2.24) is 10.3 Å². The lowest BCUT2D eigenvalue weighted by Gasteiger charge is -1.91. The van der Waals surface area contributed by atoms with Gasteiger partial charge < -0.3 is 9.05 Å². The third-order valence-corrected chi connectivity index (χ3v) is 3.61. The fraction of sp³-hybridized carbons (Fsp3) is 0. The molecule has 24 heavy (non-hydrogen) atoms. The fourth-order valence-corrected chi connectivity index (χ4v) is 2.38. The molecule has 4 rings (SSSR count). The van der Waals surface area contributed by atoms with E-state index in [1.165, 1.54) is 0 Å². The van der Waals surface area contributed by atoms with Gasteiger partial charge in [0.1, 0.15) is 11.4 Å². The number of nitrogens with zero attached hydrogens (tertiary/aromatic N) is 2. The Kier molecular flexibility index (Phi) is 3.51. The Balaban J connectivity index is 1.61. The molecule has 0 aliphatic rings. The molecule has 0 spiro atoms. The highest BCUT2D eigenvalue weighted by Crippen LogP contribution is 2.23. The summed E-state index contributed by atoms with van der Waals surface area (Å²) >= 11 is 0. The van der Waals surface area contributed by atoms with Gasteiger partial charge in [0, 0.05) is 23.3 Å². The number of hydrogen-bond acceptors (Lipinski definition) is 5. The molecule has 0 bridgehead atoms. The van der Waals surface area contributed by atoms with Crippen LogP contribution in [0.15, 0.2) is 81.8 Å². The fourth-order valence-electron chi connectivity index (χ4n) is 2.38. The Labute approximate surface area is 137 Å². The molecule has 116 valence electrons. The van der Waals surface area contributed by atoms with Gasteiger partial charge in [0.15, 0.2) is 0 Å². The van der Waals surface area contributed by atoms with Gasteiger partial charge in [-0.05, 0) is 0 Å². The zero-order valence-corrected chi connectivity index (χ0v) is 12.5. The van der Waals surface area contributed by atoms with E-state index in [0.29, 0.717) is 11.4 Å². The van der Waals surface area contributed by atoms with Gasteiger partial charge in [-0.3, -0.25) is 4.79 Å². The van der Waals surface area contributed by atoms with Crippen molar-refractivity contribution in [3.8, 4) is 22.5 Å². The van der Waals surface area contributed by atoms with Gasteiger partial charge in [-0.25, -0.2) is 0 Å². The van der Waals surface area contributed by atoms with Gasteiger partial charge >= 0.3 is 0 Å². The Morgan fingerprint density at radius 1 is 0.667 bits per heavy atom. The summed E-state index contributed by atoms with van der Waals surface area (Å²) in [6.07, 6.45) is 0. The first-order chi connectivity index (χ1) is 11.8. The summed E-state index contributed by atoms with van der Waals surface area (Å²) in [5.41, 5.74) is 2.95. The van der Waals surface area contributed by atoms with Crippen molar-refractivity contribution in [1.29, 1.82) is 0 Å². The second kappa shape index (κ2) is 5.96. The number of carbonyl (C=O) groups is 1. The second-order valence-electron chi connectivity index (χ2n) is 5.21. The largest absolute Gasteiger partial charge is 0.352 e. The summed E-state index contributed by atoms with van der Waals surface area (Å²) < 4.78 is 10.3. The summed E-state index contributed by atoms with van der Waals surface area (Å²) in [6, 6.07) is 22.2. The Morgan fingerprint density at radius 2 is 1.08 bits per heavy atom. The normalized spacial score (nSPS) is 10.7. The van der Waals surface area contributed by atoms with Crippen LogP contribution in [-0.4, -0.2) is 16.1 Å². The zero-order chi connectivity index (χ0) is 16.4. The van der Waals surface area contributed by atoms with Gasteiger partial charge in [0.25, 0.3) is 5.78 Å². The third kappa shape index (κ3) is 2.63. The van der Waals surface area contributed by atoms with Crippen molar-refractivity contribution in [2.24, 2.45) is 0 Å². The van der Waals surface area contributed by atoms with Crippen LogP contribution in [0.4, 0.5) is 0 Å². The van der Waals surface area contributed by atoms with E-state index in [1.54, 1.807) is 12.1 Å². The average Bonchev–Trinajstić information content (AvgIpc) is 3.33. The SMILES string of the molecule is O=C(c1cc(-c2ccccc2)no1)c1cc(-c2ccccc2)no1. The van der Waals surface area contributed by atoms with Crippen LogP contribution in [0.3, 0.4) is 0 Å². The highest BCUT2D eigenvalue weighted by molar-refractivity contribution is 6.06. The number of hydrogen-bond donors (Lipinski definition) is 0. The number of ketones is 1. The minimum absolute atomic E-state index is 0.115. The Morgan fingerprint density at radius 3 is 1.50 bits per heavy atom. The maximum absolute atomic E-state index is 12.5. The van der Waals surface area contributed by atoms with Gasteiger partial charge in [-0.1, -0.05) is 71.0 Å². The van der Waals surface area contributed by atoms with Crippen LogP contribution in [0.2, 0.25) is 0 Å². The molecule has 0 N–H and O–H groups in total. The lowest BCUT2D eigenvalue weighted by atomic mass is 10.1. The molecule has 5 nitrogen and oxygen atoms in total. The molecule has 0 aliphatic heterocycles. The van der Waals surface area contributed by atoms with E-state index >= 15 is 0 Å². The van der Waals surface area contributed by atoms with Crippen molar-refractivity contribution >= 4 is 5.78 Å². The zero-order valence-electron chi connectivity index (χ0n) is 12.5. The van der Waals surface area contributed by atoms with Crippen LogP contribution >= 0.6 is 0 Å². The van der Waals surface area contributed by atoms with E-state index in [9.17, 15) is 4.79 Å². The molecule has 2 aromatic carbocycles. The van der Waals surface area contributed by atoms with E-state index in [4.69, 9.17) is 9.05 Å². The quantitative estimate of drug-likeness (QED) is 0.527. The first kappa shape index (κ1) is 14.1. The molecular weight excluding hydrogens is 304 g/mol. The van der Waals surface area contributed by atoms with Gasteiger partial charge in [-0.2, -0.15) is 0 Å². The predicted octanol–water partition coefficient (Wildman–Crippen LogP) is 4.23. The summed E-state index contributed by atoms with van der Waals surface area (Å²) in [5, 5.41) is 7.88. The highest BCUT2D eigenvalue weighted by atomic mass is 16.5. The lowest BCUT2D eigenvalue weighted by molar-refractivity contribution is 0.0966. The molecule has 0 fully saturated rings. The number of carbonyl (C=O) groups excluding carboxylic acids is 1. The first-order valence-electron chi connectivity index (χ1n) is 7.40. The molecule has 0 saturated heterocycles. The highest BCUT2D eigenvalue weighted by Gasteiger charge is 2.21. The van der Waals surface area contributed by atoms with Crippen molar-refractivity contribution < 1.29 is 13.8 Å². The lowest BCUT2D eigenvalue weighted by Crippen LogP contribution is -1.97. The van der Waals surface area contributed by atoms with Gasteiger partial charge in [0.05, 0.1) is 0 Å². The topological polar surface area (TPSA) is 69.1 Å². The molecule has 0 aliphatic carbocycles. The molecule has 0 radical (unpaired) electrons. The molecule has 0 unspecified atom stereocenters. The first-order valence-corrected chi connectivity index (χ1v) is 7.40. The van der Waals surface area contributed by atoms with E-state index in [1.807, 2.05) is 60.7 Å². The molecule has 5 heteroatoms. The molecule has 0 atom stereocenters. The number of aromatic nitrogens is 2. The maximum atomic E-state index is 12.5. The molecule has 0 saturated carbocycles.